The summed E-state index contributed by atoms with van der Waals surface area (Å²) in [7, 11) is 0. The molecule has 0 saturated heterocycles. The van der Waals surface area contributed by atoms with Gasteiger partial charge >= 0.3 is 11.9 Å². The van der Waals surface area contributed by atoms with Crippen LogP contribution in [0.4, 0.5) is 4.39 Å². The Kier molecular flexibility index (Phi) is 6.11. The zero-order chi connectivity index (χ0) is 15.1. The lowest BCUT2D eigenvalue weighted by molar-refractivity contribution is -0.145. The maximum absolute atomic E-state index is 13.2. The number of halogens is 1. The third-order valence-corrected chi connectivity index (χ3v) is 2.89. The number of carboxylic acid groups (broad SMARTS) is 2. The molecule has 110 valence electrons. The lowest BCUT2D eigenvalue weighted by Gasteiger charge is -2.28. The predicted molar refractivity (Wildman–Crippen MR) is 70.9 cm³/mol. The quantitative estimate of drug-likeness (QED) is 0.764. The average Bonchev–Trinajstić information content (AvgIpc) is 2.35. The number of aliphatic carboxylic acids is 2. The van der Waals surface area contributed by atoms with Crippen LogP contribution in [0.3, 0.4) is 0 Å². The fraction of sp³-hybridized carbons (Fsp3) is 0.429. The SMILES string of the molecule is CCCN(CCC(=O)O)C(C(=O)O)c1cccc(F)c1. The molecule has 2 N–H and O–H groups in total. The molecular weight excluding hydrogens is 265 g/mol. The molecule has 1 rings (SSSR count). The molecule has 0 bridgehead atoms. The summed E-state index contributed by atoms with van der Waals surface area (Å²) >= 11 is 0. The highest BCUT2D eigenvalue weighted by atomic mass is 19.1. The van der Waals surface area contributed by atoms with E-state index < -0.39 is 23.8 Å². The van der Waals surface area contributed by atoms with Crippen molar-refractivity contribution >= 4 is 11.9 Å². The number of hydrogen-bond donors (Lipinski definition) is 2. The second-order valence-corrected chi connectivity index (χ2v) is 4.48. The first-order valence-electron chi connectivity index (χ1n) is 6.39. The largest absolute Gasteiger partial charge is 0.481 e. The molecule has 0 aliphatic heterocycles. The minimum absolute atomic E-state index is 0.108. The molecule has 0 aliphatic carbocycles. The van der Waals surface area contributed by atoms with Gasteiger partial charge in [-0.2, -0.15) is 0 Å². The van der Waals surface area contributed by atoms with Gasteiger partial charge in [0.25, 0.3) is 0 Å². The summed E-state index contributed by atoms with van der Waals surface area (Å²) in [6.45, 7) is 2.41. The number of hydrogen-bond acceptors (Lipinski definition) is 3. The van der Waals surface area contributed by atoms with Crippen molar-refractivity contribution in [3.05, 3.63) is 35.6 Å². The second kappa shape index (κ2) is 7.59. The lowest BCUT2D eigenvalue weighted by Crippen LogP contribution is -2.36. The van der Waals surface area contributed by atoms with Gasteiger partial charge in [-0.15, -0.1) is 0 Å². The maximum atomic E-state index is 13.2. The number of benzene rings is 1. The molecule has 1 aromatic rings. The van der Waals surface area contributed by atoms with Crippen LogP contribution < -0.4 is 0 Å². The number of rotatable bonds is 8. The molecule has 0 spiro atoms. The van der Waals surface area contributed by atoms with E-state index >= 15 is 0 Å². The maximum Gasteiger partial charge on any atom is 0.325 e. The fourth-order valence-corrected chi connectivity index (χ4v) is 2.08. The van der Waals surface area contributed by atoms with Crippen molar-refractivity contribution in [1.82, 2.24) is 4.90 Å². The highest BCUT2D eigenvalue weighted by Gasteiger charge is 2.27. The molecule has 0 heterocycles. The summed E-state index contributed by atoms with van der Waals surface area (Å²) in [5, 5.41) is 18.1. The zero-order valence-electron chi connectivity index (χ0n) is 11.3. The summed E-state index contributed by atoms with van der Waals surface area (Å²) < 4.78 is 13.2. The van der Waals surface area contributed by atoms with Crippen LogP contribution >= 0.6 is 0 Å². The van der Waals surface area contributed by atoms with Gasteiger partial charge in [0.2, 0.25) is 0 Å². The molecule has 6 heteroatoms. The molecule has 0 fully saturated rings. The molecule has 20 heavy (non-hydrogen) atoms. The van der Waals surface area contributed by atoms with Crippen LogP contribution in [0.5, 0.6) is 0 Å². The van der Waals surface area contributed by atoms with Crippen molar-refractivity contribution in [2.45, 2.75) is 25.8 Å². The minimum atomic E-state index is -1.12. The predicted octanol–water partition coefficient (Wildman–Crippen LogP) is 2.14. The monoisotopic (exact) mass is 283 g/mol. The average molecular weight is 283 g/mol. The molecule has 0 aromatic heterocycles. The zero-order valence-corrected chi connectivity index (χ0v) is 11.3. The van der Waals surface area contributed by atoms with Gasteiger partial charge in [-0.3, -0.25) is 14.5 Å². The van der Waals surface area contributed by atoms with Gasteiger partial charge in [0.15, 0.2) is 0 Å². The normalized spacial score (nSPS) is 12.3. The first-order chi connectivity index (χ1) is 9.45. The summed E-state index contributed by atoms with van der Waals surface area (Å²) in [5.41, 5.74) is 0.316. The van der Waals surface area contributed by atoms with Gasteiger partial charge in [0, 0.05) is 6.54 Å². The van der Waals surface area contributed by atoms with E-state index in [9.17, 15) is 19.1 Å². The summed E-state index contributed by atoms with van der Waals surface area (Å²) in [5.74, 6) is -2.62. The molecule has 0 amide bonds. The molecule has 0 aliphatic rings. The van der Waals surface area contributed by atoms with E-state index in [1.54, 1.807) is 4.90 Å². The van der Waals surface area contributed by atoms with E-state index in [0.717, 1.165) is 0 Å². The Morgan fingerprint density at radius 2 is 2.00 bits per heavy atom. The van der Waals surface area contributed by atoms with E-state index in [-0.39, 0.29) is 13.0 Å². The minimum Gasteiger partial charge on any atom is -0.481 e. The van der Waals surface area contributed by atoms with E-state index in [2.05, 4.69) is 0 Å². The molecule has 1 unspecified atom stereocenters. The van der Waals surface area contributed by atoms with Gasteiger partial charge in [-0.1, -0.05) is 19.1 Å². The summed E-state index contributed by atoms with van der Waals surface area (Å²) in [6, 6.07) is 4.35. The van der Waals surface area contributed by atoms with Gasteiger partial charge in [-0.05, 0) is 30.7 Å². The van der Waals surface area contributed by atoms with Crippen molar-refractivity contribution in [2.24, 2.45) is 0 Å². The van der Waals surface area contributed by atoms with Gasteiger partial charge in [-0.25, -0.2) is 4.39 Å². The van der Waals surface area contributed by atoms with Crippen molar-refractivity contribution in [2.75, 3.05) is 13.1 Å². The highest BCUT2D eigenvalue weighted by Crippen LogP contribution is 2.22. The summed E-state index contributed by atoms with van der Waals surface area (Å²) in [4.78, 5) is 23.7. The molecule has 5 nitrogen and oxygen atoms in total. The third kappa shape index (κ3) is 4.62. The Hall–Kier alpha value is -1.95. The van der Waals surface area contributed by atoms with E-state index in [0.29, 0.717) is 18.5 Å². The van der Waals surface area contributed by atoms with Crippen molar-refractivity contribution in [3.63, 3.8) is 0 Å². The molecule has 0 radical (unpaired) electrons. The van der Waals surface area contributed by atoms with Crippen LogP contribution in [0, 0.1) is 5.82 Å². The Labute approximate surface area is 116 Å². The lowest BCUT2D eigenvalue weighted by atomic mass is 10.0. The fourth-order valence-electron chi connectivity index (χ4n) is 2.08. The second-order valence-electron chi connectivity index (χ2n) is 4.48. The van der Waals surface area contributed by atoms with Crippen LogP contribution in [0.25, 0.3) is 0 Å². The molecule has 0 saturated carbocycles. The van der Waals surface area contributed by atoms with E-state index in [4.69, 9.17) is 5.11 Å². The van der Waals surface area contributed by atoms with Crippen molar-refractivity contribution < 1.29 is 24.2 Å². The number of nitrogens with zero attached hydrogens (tertiary/aromatic N) is 1. The Balaban J connectivity index is 3.01. The van der Waals surface area contributed by atoms with E-state index in [1.807, 2.05) is 6.92 Å². The van der Waals surface area contributed by atoms with Gasteiger partial charge in [0.1, 0.15) is 11.9 Å². The van der Waals surface area contributed by atoms with E-state index in [1.165, 1.54) is 24.3 Å². The van der Waals surface area contributed by atoms with Gasteiger partial charge in [0.05, 0.1) is 6.42 Å². The molecular formula is C14H18FNO4. The molecule has 1 atom stereocenters. The molecule has 1 aromatic carbocycles. The van der Waals surface area contributed by atoms with Crippen LogP contribution in [0.15, 0.2) is 24.3 Å². The van der Waals surface area contributed by atoms with Crippen LogP contribution in [-0.4, -0.2) is 40.1 Å². The Morgan fingerprint density at radius 3 is 2.50 bits per heavy atom. The van der Waals surface area contributed by atoms with Crippen molar-refractivity contribution in [1.29, 1.82) is 0 Å². The van der Waals surface area contributed by atoms with Crippen molar-refractivity contribution in [3.8, 4) is 0 Å². The Bertz CT molecular complexity index is 478. The first kappa shape index (κ1) is 16.1. The number of carbonyl (C=O) groups is 2. The summed E-state index contributed by atoms with van der Waals surface area (Å²) in [6.07, 6.45) is 0.526. The topological polar surface area (TPSA) is 77.8 Å². The van der Waals surface area contributed by atoms with Crippen LogP contribution in [-0.2, 0) is 9.59 Å². The van der Waals surface area contributed by atoms with Crippen LogP contribution in [0.1, 0.15) is 31.4 Å². The number of carboxylic acids is 2. The standard InChI is InChI=1S/C14H18FNO4/c1-2-7-16(8-6-12(17)18)13(14(19)20)10-4-3-5-11(15)9-10/h3-5,9,13H,2,6-8H2,1H3,(H,17,18)(H,19,20). The van der Waals surface area contributed by atoms with Gasteiger partial charge < -0.3 is 10.2 Å². The van der Waals surface area contributed by atoms with Crippen LogP contribution in [0.2, 0.25) is 0 Å². The Morgan fingerprint density at radius 1 is 1.30 bits per heavy atom. The highest BCUT2D eigenvalue weighted by molar-refractivity contribution is 5.75. The third-order valence-electron chi connectivity index (χ3n) is 2.89. The smallest absolute Gasteiger partial charge is 0.325 e. The first-order valence-corrected chi connectivity index (χ1v) is 6.39.